The lowest BCUT2D eigenvalue weighted by molar-refractivity contribution is -0.114. The molecule has 2 aromatic rings. The molecule has 1 N–H and O–H groups in total. The minimum absolute atomic E-state index is 0.105. The van der Waals surface area contributed by atoms with Crippen molar-refractivity contribution >= 4 is 46.9 Å². The van der Waals surface area contributed by atoms with E-state index >= 15 is 0 Å². The summed E-state index contributed by atoms with van der Waals surface area (Å²) in [5, 5.41) is 3.64. The molecule has 2 amide bonds. The number of anilines is 1. The Balaban J connectivity index is 1.37. The number of carbonyl (C=O) groups excluding carboxylic acids is 2. The predicted octanol–water partition coefficient (Wildman–Crippen LogP) is 5.55. The molecule has 0 aromatic heterocycles. The first-order valence-electron chi connectivity index (χ1n) is 11.9. The van der Waals surface area contributed by atoms with E-state index in [1.54, 1.807) is 18.0 Å². The lowest BCUT2D eigenvalue weighted by atomic mass is 9.92. The number of amides is 2. The van der Waals surface area contributed by atoms with Gasteiger partial charge in [-0.05, 0) is 67.1 Å². The molecule has 2 aliphatic rings. The van der Waals surface area contributed by atoms with E-state index in [0.717, 1.165) is 54.0 Å². The van der Waals surface area contributed by atoms with Crippen molar-refractivity contribution in [2.45, 2.75) is 31.6 Å². The number of rotatable bonds is 6. The maximum atomic E-state index is 13.0. The van der Waals surface area contributed by atoms with Gasteiger partial charge in [-0.2, -0.15) is 0 Å². The van der Waals surface area contributed by atoms with E-state index in [4.69, 9.17) is 11.6 Å². The van der Waals surface area contributed by atoms with Crippen molar-refractivity contribution < 1.29 is 9.59 Å². The fraction of sp³-hybridized carbons (Fsp3) is 0.407. The molecule has 0 radical (unpaired) electrons. The van der Waals surface area contributed by atoms with Crippen LogP contribution in [0.2, 0.25) is 5.02 Å². The van der Waals surface area contributed by atoms with Crippen molar-refractivity contribution in [2.24, 2.45) is 11.8 Å². The Labute approximate surface area is 211 Å². The molecule has 1 fully saturated rings. The molecule has 180 valence electrons. The summed E-state index contributed by atoms with van der Waals surface area (Å²) < 4.78 is 0. The van der Waals surface area contributed by atoms with Crippen LogP contribution in [0.15, 0.2) is 52.3 Å². The Morgan fingerprint density at radius 3 is 2.65 bits per heavy atom. The molecule has 7 heteroatoms. The minimum atomic E-state index is -0.111. The van der Waals surface area contributed by atoms with Gasteiger partial charge in [-0.1, -0.05) is 55.4 Å². The number of likely N-dealkylation sites (tertiary alicyclic amines) is 1. The smallest absolute Gasteiger partial charge is 0.264 e. The quantitative estimate of drug-likeness (QED) is 0.420. The van der Waals surface area contributed by atoms with Crippen molar-refractivity contribution in [1.82, 2.24) is 10.2 Å². The summed E-state index contributed by atoms with van der Waals surface area (Å²) in [5.41, 5.74) is 2.12. The third-order valence-corrected chi connectivity index (χ3v) is 7.81. The highest BCUT2D eigenvalue weighted by molar-refractivity contribution is 8.04. The highest BCUT2D eigenvalue weighted by Crippen LogP contribution is 2.42. The van der Waals surface area contributed by atoms with Crippen LogP contribution in [0.4, 0.5) is 5.69 Å². The van der Waals surface area contributed by atoms with Crippen LogP contribution in [-0.2, 0) is 4.79 Å². The number of hydrogen-bond donors (Lipinski definition) is 1. The Morgan fingerprint density at radius 2 is 1.91 bits per heavy atom. The molecule has 34 heavy (non-hydrogen) atoms. The Bertz CT molecular complexity index is 1090. The molecular formula is C27H32ClN3O2S. The van der Waals surface area contributed by atoms with Gasteiger partial charge in [0.2, 0.25) is 0 Å². The normalized spacial score (nSPS) is 22.1. The van der Waals surface area contributed by atoms with Gasteiger partial charge >= 0.3 is 0 Å². The van der Waals surface area contributed by atoms with Gasteiger partial charge in [0.05, 0.1) is 10.6 Å². The molecule has 2 atom stereocenters. The van der Waals surface area contributed by atoms with E-state index in [-0.39, 0.29) is 11.8 Å². The number of carbonyl (C=O) groups is 2. The van der Waals surface area contributed by atoms with E-state index in [0.29, 0.717) is 22.0 Å². The number of benzene rings is 2. The third-order valence-electron chi connectivity index (χ3n) is 6.39. The number of halogens is 1. The summed E-state index contributed by atoms with van der Waals surface area (Å²) in [7, 11) is 1.74. The zero-order valence-electron chi connectivity index (χ0n) is 20.0. The summed E-state index contributed by atoms with van der Waals surface area (Å²) in [6, 6.07) is 13.0. The summed E-state index contributed by atoms with van der Waals surface area (Å²) >= 11 is 7.67. The molecule has 1 saturated heterocycles. The molecule has 2 aliphatic heterocycles. The van der Waals surface area contributed by atoms with Crippen LogP contribution in [-0.4, -0.2) is 49.9 Å². The molecule has 5 nitrogen and oxygen atoms in total. The van der Waals surface area contributed by atoms with Gasteiger partial charge < -0.3 is 15.1 Å². The number of likely N-dealkylation sites (N-methyl/N-ethyl adjacent to an activating group) is 1. The van der Waals surface area contributed by atoms with E-state index in [2.05, 4.69) is 24.1 Å². The Hall–Kier alpha value is -2.28. The van der Waals surface area contributed by atoms with Gasteiger partial charge in [0, 0.05) is 42.2 Å². The van der Waals surface area contributed by atoms with Gasteiger partial charge in [0.25, 0.3) is 11.8 Å². The number of thioether (sulfide) groups is 1. The zero-order valence-corrected chi connectivity index (χ0v) is 21.6. The maximum Gasteiger partial charge on any atom is 0.264 e. The first-order valence-corrected chi connectivity index (χ1v) is 13.1. The first-order chi connectivity index (χ1) is 16.3. The summed E-state index contributed by atoms with van der Waals surface area (Å²) in [6.07, 6.45) is 4.05. The summed E-state index contributed by atoms with van der Waals surface area (Å²) in [6.45, 7) is 8.57. The second-order valence-corrected chi connectivity index (χ2v) is 11.0. The van der Waals surface area contributed by atoms with Crippen LogP contribution in [0.1, 0.15) is 42.6 Å². The van der Waals surface area contributed by atoms with Crippen molar-refractivity contribution in [2.75, 3.05) is 38.1 Å². The van der Waals surface area contributed by atoms with Gasteiger partial charge in [-0.15, -0.1) is 0 Å². The van der Waals surface area contributed by atoms with Crippen LogP contribution < -0.4 is 10.2 Å². The monoisotopic (exact) mass is 497 g/mol. The standard InChI is InChI=1S/C27H32ClN3O2S/c1-18-13-19(2)17-31(16-18)12-6-11-29-26(32)21-9-10-24-23(14-21)30(3)27(33)25(34-24)15-20-7-4-5-8-22(20)28/h4-5,7-10,14-15,18-19H,6,11-13,16-17H2,1-3H3,(H,29,32)/b25-15-/t18-,19-/m0/s1. The fourth-order valence-electron chi connectivity index (χ4n) is 4.85. The highest BCUT2D eigenvalue weighted by atomic mass is 35.5. The maximum absolute atomic E-state index is 13.0. The van der Waals surface area contributed by atoms with Gasteiger partial charge in [0.1, 0.15) is 0 Å². The van der Waals surface area contributed by atoms with Crippen LogP contribution in [0.25, 0.3) is 6.08 Å². The number of nitrogens with one attached hydrogen (secondary N) is 1. The van der Waals surface area contributed by atoms with E-state index in [1.807, 2.05) is 42.5 Å². The largest absolute Gasteiger partial charge is 0.352 e. The van der Waals surface area contributed by atoms with Crippen molar-refractivity contribution in [3.63, 3.8) is 0 Å². The Kier molecular flexibility index (Phi) is 8.02. The predicted molar refractivity (Wildman–Crippen MR) is 141 cm³/mol. The number of piperidine rings is 1. The van der Waals surface area contributed by atoms with Gasteiger partial charge in [-0.3, -0.25) is 9.59 Å². The lowest BCUT2D eigenvalue weighted by Crippen LogP contribution is -2.40. The second-order valence-electron chi connectivity index (χ2n) is 9.49. The molecule has 2 aromatic carbocycles. The lowest BCUT2D eigenvalue weighted by Gasteiger charge is -2.34. The highest BCUT2D eigenvalue weighted by Gasteiger charge is 2.27. The molecule has 4 rings (SSSR count). The van der Waals surface area contributed by atoms with E-state index < -0.39 is 0 Å². The molecular weight excluding hydrogens is 466 g/mol. The van der Waals surface area contributed by atoms with Crippen LogP contribution in [0.3, 0.4) is 0 Å². The van der Waals surface area contributed by atoms with E-state index in [1.165, 1.54) is 18.2 Å². The SMILES string of the molecule is C[C@H]1C[C@H](C)CN(CCCNC(=O)c2ccc3c(c2)N(C)C(=O)/C(=C/c2ccccc2Cl)S3)C1. The summed E-state index contributed by atoms with van der Waals surface area (Å²) in [4.78, 5) is 31.4. The van der Waals surface area contributed by atoms with Crippen LogP contribution in [0, 0.1) is 11.8 Å². The topological polar surface area (TPSA) is 52.7 Å². The average Bonchev–Trinajstić information content (AvgIpc) is 2.80. The molecule has 0 bridgehead atoms. The average molecular weight is 498 g/mol. The fourth-order valence-corrected chi connectivity index (χ4v) is 6.12. The minimum Gasteiger partial charge on any atom is -0.352 e. The summed E-state index contributed by atoms with van der Waals surface area (Å²) in [5.74, 6) is 1.27. The number of nitrogens with zero attached hydrogens (tertiary/aromatic N) is 2. The zero-order chi connectivity index (χ0) is 24.2. The third kappa shape index (κ3) is 5.85. The van der Waals surface area contributed by atoms with Gasteiger partial charge in [0.15, 0.2) is 0 Å². The molecule has 0 spiro atoms. The van der Waals surface area contributed by atoms with E-state index in [9.17, 15) is 9.59 Å². The number of fused-ring (bicyclic) bond motifs is 1. The van der Waals surface area contributed by atoms with Crippen LogP contribution >= 0.6 is 23.4 Å². The molecule has 0 unspecified atom stereocenters. The molecule has 0 saturated carbocycles. The Morgan fingerprint density at radius 1 is 1.18 bits per heavy atom. The molecule has 2 heterocycles. The number of hydrogen-bond acceptors (Lipinski definition) is 4. The van der Waals surface area contributed by atoms with Crippen molar-refractivity contribution in [1.29, 1.82) is 0 Å². The van der Waals surface area contributed by atoms with Crippen molar-refractivity contribution in [3.8, 4) is 0 Å². The van der Waals surface area contributed by atoms with Crippen molar-refractivity contribution in [3.05, 3.63) is 63.5 Å². The van der Waals surface area contributed by atoms with Crippen LogP contribution in [0.5, 0.6) is 0 Å². The second kappa shape index (κ2) is 11.0. The van der Waals surface area contributed by atoms with Gasteiger partial charge in [-0.25, -0.2) is 0 Å². The first kappa shape index (κ1) is 24.8. The molecule has 0 aliphatic carbocycles.